The Morgan fingerprint density at radius 3 is 1.87 bits per heavy atom. The van der Waals surface area contributed by atoms with Crippen molar-refractivity contribution in [1.82, 2.24) is 0 Å². The van der Waals surface area contributed by atoms with Crippen molar-refractivity contribution in [2.24, 2.45) is 0 Å². The van der Waals surface area contributed by atoms with Gasteiger partial charge >= 0.3 is 0 Å². The molecule has 0 saturated carbocycles. The molecule has 0 aliphatic rings. The molecule has 0 atom stereocenters. The lowest BCUT2D eigenvalue weighted by atomic mass is 10.4. The largest absolute Gasteiger partial charge is 0.382 e. The van der Waals surface area contributed by atoms with Gasteiger partial charge in [0, 0.05) is 20.6 Å². The summed E-state index contributed by atoms with van der Waals surface area (Å²) < 4.78 is 21.1. The fraction of sp³-hybridized carbons (Fsp3) is 0.800. The van der Waals surface area contributed by atoms with Crippen molar-refractivity contribution in [3.63, 3.8) is 0 Å². The Hall–Kier alpha value is -0.203. The summed E-state index contributed by atoms with van der Waals surface area (Å²) in [6, 6.07) is 0. The Kier molecular flexibility index (Phi) is 8.93. The molecule has 90 valence electrons. The van der Waals surface area contributed by atoms with E-state index < -0.39 is 5.41 Å². The van der Waals surface area contributed by atoms with Gasteiger partial charge in [0.25, 0.3) is 0 Å². The van der Waals surface area contributed by atoms with Crippen molar-refractivity contribution >= 4 is 10.2 Å². The Balaban J connectivity index is 3.88. The summed E-state index contributed by atoms with van der Waals surface area (Å²) in [6.07, 6.45) is 2.51. The highest BCUT2D eigenvalue weighted by molar-refractivity contribution is 6.13. The van der Waals surface area contributed by atoms with Gasteiger partial charge in [-0.3, -0.25) is 0 Å². The lowest BCUT2D eigenvalue weighted by Gasteiger charge is -2.29. The van der Waals surface area contributed by atoms with Crippen molar-refractivity contribution in [3.8, 4) is 0 Å². The van der Waals surface area contributed by atoms with Gasteiger partial charge in [-0.1, -0.05) is 6.08 Å². The summed E-state index contributed by atoms with van der Waals surface area (Å²) >= 11 is 0. The second kappa shape index (κ2) is 9.05. The molecular formula is C10H22O4Si. The van der Waals surface area contributed by atoms with Gasteiger partial charge in [-0.2, -0.15) is 0 Å². The molecular weight excluding hydrogens is 212 g/mol. The average Bonchev–Trinajstić information content (AvgIpc) is 2.19. The summed E-state index contributed by atoms with van der Waals surface area (Å²) in [6.45, 7) is 5.94. The van der Waals surface area contributed by atoms with E-state index in [2.05, 4.69) is 6.58 Å². The van der Waals surface area contributed by atoms with Crippen LogP contribution in [0, 0.1) is 0 Å². The van der Waals surface area contributed by atoms with Crippen molar-refractivity contribution in [3.05, 3.63) is 12.7 Å². The Bertz CT molecular complexity index is 154. The third kappa shape index (κ3) is 7.69. The first-order chi connectivity index (χ1) is 7.18. The molecule has 0 spiro atoms. The minimum Gasteiger partial charge on any atom is -0.382 e. The van der Waals surface area contributed by atoms with E-state index in [9.17, 15) is 0 Å². The molecule has 0 aromatic heterocycles. The standard InChI is InChI=1S/C10H22O4Si/c1-4-5-10(15,13-8-6-11-2)14-9-7-12-3/h4H,1,5-9H2,2-3,15H3. The highest BCUT2D eigenvalue weighted by atomic mass is 28.1. The van der Waals surface area contributed by atoms with Crippen LogP contribution in [0.2, 0.25) is 0 Å². The van der Waals surface area contributed by atoms with Crippen molar-refractivity contribution < 1.29 is 18.9 Å². The molecule has 0 aromatic carbocycles. The maximum atomic E-state index is 5.64. The van der Waals surface area contributed by atoms with E-state index in [0.717, 1.165) is 10.2 Å². The molecule has 0 aliphatic heterocycles. The molecule has 0 fully saturated rings. The average molecular weight is 234 g/mol. The monoisotopic (exact) mass is 234 g/mol. The second-order valence-electron chi connectivity index (χ2n) is 3.31. The quantitative estimate of drug-likeness (QED) is 0.229. The van der Waals surface area contributed by atoms with Crippen LogP contribution < -0.4 is 0 Å². The van der Waals surface area contributed by atoms with Crippen LogP contribution in [-0.2, 0) is 18.9 Å². The number of hydrogen-bond acceptors (Lipinski definition) is 4. The first-order valence-corrected chi connectivity index (χ1v) is 6.05. The molecule has 0 unspecified atom stereocenters. The number of rotatable bonds is 10. The van der Waals surface area contributed by atoms with E-state index in [1.807, 2.05) is 6.08 Å². The SMILES string of the molecule is C=CCC([SiH3])(OCCOC)OCCOC. The highest BCUT2D eigenvalue weighted by Gasteiger charge is 2.23. The molecule has 0 N–H and O–H groups in total. The Morgan fingerprint density at radius 1 is 1.07 bits per heavy atom. The van der Waals surface area contributed by atoms with Crippen LogP contribution in [0.15, 0.2) is 12.7 Å². The van der Waals surface area contributed by atoms with Crippen LogP contribution in [0.4, 0.5) is 0 Å². The lowest BCUT2D eigenvalue weighted by molar-refractivity contribution is -0.186. The van der Waals surface area contributed by atoms with Gasteiger partial charge in [0.15, 0.2) is 0 Å². The van der Waals surface area contributed by atoms with Gasteiger partial charge in [-0.05, 0) is 0 Å². The van der Waals surface area contributed by atoms with E-state index in [-0.39, 0.29) is 0 Å². The summed E-state index contributed by atoms with van der Waals surface area (Å²) in [7, 11) is 4.09. The second-order valence-corrected chi connectivity index (χ2v) is 4.83. The molecule has 15 heavy (non-hydrogen) atoms. The maximum absolute atomic E-state index is 5.64. The van der Waals surface area contributed by atoms with Gasteiger partial charge in [-0.25, -0.2) is 0 Å². The first-order valence-electron chi connectivity index (χ1n) is 5.05. The summed E-state index contributed by atoms with van der Waals surface area (Å²) in [5, 5.41) is 0. The molecule has 4 nitrogen and oxygen atoms in total. The minimum absolute atomic E-state index is 0.487. The third-order valence-electron chi connectivity index (χ3n) is 1.90. The lowest BCUT2D eigenvalue weighted by Crippen LogP contribution is -2.38. The summed E-state index contributed by atoms with van der Waals surface area (Å²) in [4.78, 5) is 0. The Morgan fingerprint density at radius 2 is 1.53 bits per heavy atom. The van der Waals surface area contributed by atoms with Gasteiger partial charge in [-0.15, -0.1) is 6.58 Å². The number of hydrogen-bond donors (Lipinski definition) is 0. The van der Waals surface area contributed by atoms with E-state index in [1.165, 1.54) is 0 Å². The first kappa shape index (κ1) is 14.8. The van der Waals surface area contributed by atoms with Gasteiger partial charge in [0.1, 0.15) is 5.41 Å². The normalized spacial score (nSPS) is 11.9. The third-order valence-corrected chi connectivity index (χ3v) is 2.89. The van der Waals surface area contributed by atoms with Crippen LogP contribution in [0.1, 0.15) is 6.42 Å². The fourth-order valence-corrected chi connectivity index (χ4v) is 1.80. The zero-order valence-electron chi connectivity index (χ0n) is 9.95. The summed E-state index contributed by atoms with van der Waals surface area (Å²) in [5.74, 6) is 0. The molecule has 0 rings (SSSR count). The van der Waals surface area contributed by atoms with Crippen LogP contribution in [0.5, 0.6) is 0 Å². The van der Waals surface area contributed by atoms with Crippen molar-refractivity contribution in [2.45, 2.75) is 11.8 Å². The van der Waals surface area contributed by atoms with E-state index in [0.29, 0.717) is 32.8 Å². The number of ether oxygens (including phenoxy) is 4. The van der Waals surface area contributed by atoms with Crippen molar-refractivity contribution in [2.75, 3.05) is 40.6 Å². The predicted molar refractivity (Wildman–Crippen MR) is 63.1 cm³/mol. The van der Waals surface area contributed by atoms with Gasteiger partial charge in [0.05, 0.1) is 36.7 Å². The van der Waals surface area contributed by atoms with Gasteiger partial charge < -0.3 is 18.9 Å². The zero-order chi connectivity index (χ0) is 11.6. The fourth-order valence-electron chi connectivity index (χ4n) is 1.10. The molecule has 0 saturated heterocycles. The van der Waals surface area contributed by atoms with Gasteiger partial charge in [0.2, 0.25) is 0 Å². The van der Waals surface area contributed by atoms with E-state index in [1.54, 1.807) is 14.2 Å². The minimum atomic E-state index is -0.487. The highest BCUT2D eigenvalue weighted by Crippen LogP contribution is 2.14. The zero-order valence-corrected chi connectivity index (χ0v) is 12.0. The molecule has 0 bridgehead atoms. The molecule has 5 heteroatoms. The van der Waals surface area contributed by atoms with Crippen LogP contribution >= 0.6 is 0 Å². The van der Waals surface area contributed by atoms with Crippen molar-refractivity contribution in [1.29, 1.82) is 0 Å². The van der Waals surface area contributed by atoms with E-state index >= 15 is 0 Å². The van der Waals surface area contributed by atoms with Crippen LogP contribution in [0.3, 0.4) is 0 Å². The van der Waals surface area contributed by atoms with Crippen LogP contribution in [-0.4, -0.2) is 56.3 Å². The topological polar surface area (TPSA) is 36.9 Å². The molecule has 0 aromatic rings. The molecule has 0 amide bonds. The smallest absolute Gasteiger partial charge is 0.145 e. The summed E-state index contributed by atoms with van der Waals surface area (Å²) in [5.41, 5.74) is -0.487. The van der Waals surface area contributed by atoms with E-state index in [4.69, 9.17) is 18.9 Å². The van der Waals surface area contributed by atoms with Crippen LogP contribution in [0.25, 0.3) is 0 Å². The maximum Gasteiger partial charge on any atom is 0.145 e. The molecule has 0 radical (unpaired) electrons. The molecule has 0 aliphatic carbocycles. The molecule has 0 heterocycles. The predicted octanol–water partition coefficient (Wildman–Crippen LogP) is -0.0923. The number of methoxy groups -OCH3 is 2. The Labute approximate surface area is 95.0 Å².